The maximum atomic E-state index is 2.49. The van der Waals surface area contributed by atoms with Crippen LogP contribution < -0.4 is 0 Å². The molecule has 5 rings (SSSR count). The van der Waals surface area contributed by atoms with Crippen LogP contribution in [-0.4, -0.2) is 0 Å². The molecule has 2 aliphatic carbocycles. The zero-order valence-corrected chi connectivity index (χ0v) is 15.4. The molecule has 0 aliphatic heterocycles. The van der Waals surface area contributed by atoms with Crippen molar-refractivity contribution in [3.05, 3.63) is 88.5 Å². The van der Waals surface area contributed by atoms with Gasteiger partial charge in [-0.2, -0.15) is 0 Å². The van der Waals surface area contributed by atoms with E-state index >= 15 is 0 Å². The SMILES string of the molecule is CC1=Cc2c(cc(-c3ccccc3-c3ccccc3)c3c2CCCC3)C1. The molecule has 0 saturated heterocycles. The molecule has 0 spiro atoms. The number of benzene rings is 3. The van der Waals surface area contributed by atoms with Crippen molar-refractivity contribution in [2.75, 3.05) is 0 Å². The number of fused-ring (bicyclic) bond motifs is 3. The van der Waals surface area contributed by atoms with Gasteiger partial charge in [-0.05, 0) is 89.6 Å². The van der Waals surface area contributed by atoms with Crippen molar-refractivity contribution in [3.63, 3.8) is 0 Å². The number of rotatable bonds is 2. The van der Waals surface area contributed by atoms with Crippen molar-refractivity contribution in [3.8, 4) is 22.3 Å². The van der Waals surface area contributed by atoms with Crippen LogP contribution in [0.1, 0.15) is 42.0 Å². The Kier molecular flexibility index (Phi) is 3.78. The third-order valence-electron chi connectivity index (χ3n) is 5.94. The number of hydrogen-bond acceptors (Lipinski definition) is 0. The fraction of sp³-hybridized carbons (Fsp3) is 0.231. The van der Waals surface area contributed by atoms with Crippen molar-refractivity contribution in [1.29, 1.82) is 0 Å². The zero-order chi connectivity index (χ0) is 17.5. The van der Waals surface area contributed by atoms with Crippen LogP contribution in [-0.2, 0) is 19.3 Å². The van der Waals surface area contributed by atoms with Gasteiger partial charge in [0.2, 0.25) is 0 Å². The highest BCUT2D eigenvalue weighted by molar-refractivity contribution is 5.87. The first-order chi connectivity index (χ1) is 12.8. The molecule has 0 bridgehead atoms. The Labute approximate surface area is 156 Å². The fourth-order valence-corrected chi connectivity index (χ4v) is 4.78. The summed E-state index contributed by atoms with van der Waals surface area (Å²) < 4.78 is 0. The Morgan fingerprint density at radius 3 is 2.19 bits per heavy atom. The average Bonchev–Trinajstić information content (AvgIpc) is 3.08. The normalized spacial score (nSPS) is 15.3. The molecule has 0 N–H and O–H groups in total. The van der Waals surface area contributed by atoms with Crippen molar-refractivity contribution in [2.24, 2.45) is 0 Å². The van der Waals surface area contributed by atoms with Crippen LogP contribution in [0.4, 0.5) is 0 Å². The van der Waals surface area contributed by atoms with Crippen LogP contribution in [0.25, 0.3) is 28.3 Å². The highest BCUT2D eigenvalue weighted by Gasteiger charge is 2.23. The molecule has 0 heteroatoms. The van der Waals surface area contributed by atoms with Gasteiger partial charge in [0.1, 0.15) is 0 Å². The monoisotopic (exact) mass is 336 g/mol. The Hall–Kier alpha value is -2.60. The molecule has 0 amide bonds. The van der Waals surface area contributed by atoms with Gasteiger partial charge >= 0.3 is 0 Å². The van der Waals surface area contributed by atoms with Crippen molar-refractivity contribution in [1.82, 2.24) is 0 Å². The molecule has 3 aromatic carbocycles. The molecule has 2 aliphatic rings. The van der Waals surface area contributed by atoms with E-state index in [1.165, 1.54) is 64.6 Å². The highest BCUT2D eigenvalue weighted by atomic mass is 14.3. The predicted molar refractivity (Wildman–Crippen MR) is 111 cm³/mol. The molecule has 26 heavy (non-hydrogen) atoms. The van der Waals surface area contributed by atoms with Crippen LogP contribution in [0, 0.1) is 0 Å². The third kappa shape index (κ3) is 2.52. The lowest BCUT2D eigenvalue weighted by Gasteiger charge is -2.24. The lowest BCUT2D eigenvalue weighted by Crippen LogP contribution is -2.08. The second-order valence-corrected chi connectivity index (χ2v) is 7.74. The molecular formula is C26H24. The van der Waals surface area contributed by atoms with Gasteiger partial charge in [0, 0.05) is 0 Å². The standard InChI is InChI=1S/C26H24/c1-18-15-20-17-26(24-14-8-7-13-23(24)25(20)16-18)22-12-6-5-11-21(22)19-9-3-2-4-10-19/h2-6,9-12,16-17H,7-8,13-15H2,1H3. The maximum Gasteiger partial charge on any atom is -0.00603 e. The summed E-state index contributed by atoms with van der Waals surface area (Å²) in [4.78, 5) is 0. The van der Waals surface area contributed by atoms with Gasteiger partial charge in [0.05, 0.1) is 0 Å². The molecular weight excluding hydrogens is 312 g/mol. The van der Waals surface area contributed by atoms with Gasteiger partial charge in [0.15, 0.2) is 0 Å². The minimum atomic E-state index is 1.11. The van der Waals surface area contributed by atoms with Crippen LogP contribution in [0.3, 0.4) is 0 Å². The van der Waals surface area contributed by atoms with E-state index in [0.29, 0.717) is 0 Å². The third-order valence-corrected chi connectivity index (χ3v) is 5.94. The Balaban J connectivity index is 1.76. The van der Waals surface area contributed by atoms with Gasteiger partial charge in [-0.1, -0.05) is 66.2 Å². The van der Waals surface area contributed by atoms with Crippen LogP contribution in [0.5, 0.6) is 0 Å². The van der Waals surface area contributed by atoms with E-state index < -0.39 is 0 Å². The largest absolute Gasteiger partial charge is 0.0683 e. The second kappa shape index (κ2) is 6.29. The lowest BCUT2D eigenvalue weighted by molar-refractivity contribution is 0.685. The van der Waals surface area contributed by atoms with Crippen LogP contribution in [0.2, 0.25) is 0 Å². The second-order valence-electron chi connectivity index (χ2n) is 7.74. The molecule has 0 fully saturated rings. The van der Waals surface area contributed by atoms with E-state index in [9.17, 15) is 0 Å². The van der Waals surface area contributed by atoms with Crippen LogP contribution in [0.15, 0.2) is 66.2 Å². The predicted octanol–water partition coefficient (Wildman–Crippen LogP) is 6.86. The molecule has 128 valence electrons. The van der Waals surface area contributed by atoms with Gasteiger partial charge in [0.25, 0.3) is 0 Å². The summed E-state index contributed by atoms with van der Waals surface area (Å²) in [6.45, 7) is 2.27. The van der Waals surface area contributed by atoms with Crippen LogP contribution >= 0.6 is 0 Å². The first-order valence-corrected chi connectivity index (χ1v) is 9.81. The van der Waals surface area contributed by atoms with E-state index in [1.807, 2.05) is 0 Å². The van der Waals surface area contributed by atoms with Crippen molar-refractivity contribution in [2.45, 2.75) is 39.0 Å². The first kappa shape index (κ1) is 15.6. The number of hydrogen-bond donors (Lipinski definition) is 0. The van der Waals surface area contributed by atoms with Gasteiger partial charge < -0.3 is 0 Å². The summed E-state index contributed by atoms with van der Waals surface area (Å²) in [7, 11) is 0. The van der Waals surface area contributed by atoms with E-state index in [-0.39, 0.29) is 0 Å². The first-order valence-electron chi connectivity index (χ1n) is 9.81. The summed E-state index contributed by atoms with van der Waals surface area (Å²) in [6, 6.07) is 22.3. The summed E-state index contributed by atoms with van der Waals surface area (Å²) in [6.07, 6.45) is 8.65. The van der Waals surface area contributed by atoms with Gasteiger partial charge in [-0.3, -0.25) is 0 Å². The topological polar surface area (TPSA) is 0 Å². The smallest absolute Gasteiger partial charge is 0.00603 e. The Bertz CT molecular complexity index is 1010. The van der Waals surface area contributed by atoms with Crippen molar-refractivity contribution >= 4 is 6.08 Å². The lowest BCUT2D eigenvalue weighted by atomic mass is 9.80. The Morgan fingerprint density at radius 1 is 0.692 bits per heavy atom. The fourth-order valence-electron chi connectivity index (χ4n) is 4.78. The summed E-state index contributed by atoms with van der Waals surface area (Å²) in [5.41, 5.74) is 13.3. The summed E-state index contributed by atoms with van der Waals surface area (Å²) in [5.74, 6) is 0. The van der Waals surface area contributed by atoms with Crippen molar-refractivity contribution < 1.29 is 0 Å². The minimum absolute atomic E-state index is 1.11. The van der Waals surface area contributed by atoms with E-state index in [0.717, 1.165) is 6.42 Å². The minimum Gasteiger partial charge on any atom is -0.0683 e. The molecule has 0 saturated carbocycles. The molecule has 0 nitrogen and oxygen atoms in total. The Morgan fingerprint density at radius 2 is 1.38 bits per heavy atom. The summed E-state index contributed by atoms with van der Waals surface area (Å²) in [5, 5.41) is 0. The van der Waals surface area contributed by atoms with Gasteiger partial charge in [-0.15, -0.1) is 0 Å². The summed E-state index contributed by atoms with van der Waals surface area (Å²) >= 11 is 0. The zero-order valence-electron chi connectivity index (χ0n) is 15.4. The van der Waals surface area contributed by atoms with E-state index in [2.05, 4.69) is 73.7 Å². The van der Waals surface area contributed by atoms with E-state index in [1.54, 1.807) is 11.1 Å². The highest BCUT2D eigenvalue weighted by Crippen LogP contribution is 2.42. The molecule has 0 radical (unpaired) electrons. The average molecular weight is 336 g/mol. The molecule has 3 aromatic rings. The molecule has 0 heterocycles. The molecule has 0 atom stereocenters. The van der Waals surface area contributed by atoms with E-state index in [4.69, 9.17) is 0 Å². The molecule has 0 aromatic heterocycles. The van der Waals surface area contributed by atoms with Gasteiger partial charge in [-0.25, -0.2) is 0 Å². The molecule has 0 unspecified atom stereocenters. The quantitative estimate of drug-likeness (QED) is 0.479. The maximum absolute atomic E-state index is 2.49. The number of allylic oxidation sites excluding steroid dienone is 1.